The van der Waals surface area contributed by atoms with Crippen LogP contribution in [0.5, 0.6) is 0 Å². The van der Waals surface area contributed by atoms with Crippen LogP contribution in [0.25, 0.3) is 10.9 Å². The van der Waals surface area contributed by atoms with Crippen molar-refractivity contribution in [2.24, 2.45) is 0 Å². The van der Waals surface area contributed by atoms with Crippen molar-refractivity contribution in [3.63, 3.8) is 0 Å². The van der Waals surface area contributed by atoms with Crippen LogP contribution in [-0.2, 0) is 0 Å². The third kappa shape index (κ3) is 2.02. The van der Waals surface area contributed by atoms with Crippen LogP contribution in [0.1, 0.15) is 15.9 Å². The number of aromatic nitrogens is 1. The Morgan fingerprint density at radius 1 is 1.11 bits per heavy atom. The van der Waals surface area contributed by atoms with Gasteiger partial charge in [-0.2, -0.15) is 0 Å². The van der Waals surface area contributed by atoms with Crippen LogP contribution in [0.3, 0.4) is 0 Å². The molecule has 0 atom stereocenters. The lowest BCUT2D eigenvalue weighted by molar-refractivity contribution is 0.103. The molecule has 0 fully saturated rings. The second kappa shape index (κ2) is 4.52. The van der Waals surface area contributed by atoms with Gasteiger partial charge in [-0.1, -0.05) is 29.8 Å². The molecule has 0 aliphatic carbocycles. The monoisotopic (exact) mass is 273 g/mol. The average Bonchev–Trinajstić information content (AvgIpc) is 2.81. The van der Waals surface area contributed by atoms with E-state index in [-0.39, 0.29) is 11.3 Å². The molecule has 3 aromatic rings. The molecule has 2 aromatic carbocycles. The van der Waals surface area contributed by atoms with E-state index in [0.717, 1.165) is 10.9 Å². The van der Waals surface area contributed by atoms with Gasteiger partial charge >= 0.3 is 0 Å². The summed E-state index contributed by atoms with van der Waals surface area (Å²) < 4.78 is 13.6. The van der Waals surface area contributed by atoms with Gasteiger partial charge in [-0.05, 0) is 24.3 Å². The number of hydrogen-bond acceptors (Lipinski definition) is 1. The lowest BCUT2D eigenvalue weighted by atomic mass is 10.0. The Balaban J connectivity index is 2.15. The Kier molecular flexibility index (Phi) is 2.84. The Hall–Kier alpha value is -2.13. The number of H-pyrrole nitrogens is 1. The second-order valence-corrected chi connectivity index (χ2v) is 4.64. The summed E-state index contributed by atoms with van der Waals surface area (Å²) in [6, 6.07) is 11.1. The van der Waals surface area contributed by atoms with Crippen LogP contribution in [0, 0.1) is 5.82 Å². The summed E-state index contributed by atoms with van der Waals surface area (Å²) in [4.78, 5) is 15.3. The van der Waals surface area contributed by atoms with Gasteiger partial charge in [0.1, 0.15) is 5.82 Å². The number of fused-ring (bicyclic) bond motifs is 1. The van der Waals surface area contributed by atoms with Gasteiger partial charge in [0, 0.05) is 27.7 Å². The first-order valence-corrected chi connectivity index (χ1v) is 6.10. The molecule has 1 heterocycles. The first-order chi connectivity index (χ1) is 9.16. The van der Waals surface area contributed by atoms with Crippen molar-refractivity contribution in [3.05, 3.63) is 70.6 Å². The predicted octanol–water partition coefficient (Wildman–Crippen LogP) is 4.19. The number of hydrogen-bond donors (Lipinski definition) is 1. The van der Waals surface area contributed by atoms with Gasteiger partial charge in [-0.3, -0.25) is 4.79 Å². The zero-order valence-corrected chi connectivity index (χ0v) is 10.5. The molecule has 1 aromatic heterocycles. The molecule has 1 N–H and O–H groups in total. The normalized spacial score (nSPS) is 10.8. The summed E-state index contributed by atoms with van der Waals surface area (Å²) in [5.74, 6) is -0.859. The van der Waals surface area contributed by atoms with Crippen LogP contribution >= 0.6 is 11.6 Å². The van der Waals surface area contributed by atoms with Crippen LogP contribution in [0.2, 0.25) is 5.02 Å². The van der Waals surface area contributed by atoms with Crippen molar-refractivity contribution in [2.45, 2.75) is 0 Å². The number of rotatable bonds is 2. The summed E-state index contributed by atoms with van der Waals surface area (Å²) in [5, 5.41) is 1.32. The van der Waals surface area contributed by atoms with Gasteiger partial charge in [0.15, 0.2) is 5.78 Å². The number of aromatic amines is 1. The third-order valence-electron chi connectivity index (χ3n) is 3.01. The van der Waals surface area contributed by atoms with Gasteiger partial charge < -0.3 is 4.98 Å². The van der Waals surface area contributed by atoms with E-state index in [0.29, 0.717) is 10.6 Å². The number of carbonyl (C=O) groups excluding carboxylic acids is 1. The first-order valence-electron chi connectivity index (χ1n) is 5.72. The minimum absolute atomic E-state index is 0.0679. The maximum Gasteiger partial charge on any atom is 0.198 e. The van der Waals surface area contributed by atoms with Gasteiger partial charge in [0.2, 0.25) is 0 Å². The predicted molar refractivity (Wildman–Crippen MR) is 73.1 cm³/mol. The highest BCUT2D eigenvalue weighted by atomic mass is 35.5. The Morgan fingerprint density at radius 3 is 2.68 bits per heavy atom. The van der Waals surface area contributed by atoms with Crippen LogP contribution in [0.15, 0.2) is 48.7 Å². The van der Waals surface area contributed by atoms with Crippen molar-refractivity contribution >= 4 is 28.3 Å². The van der Waals surface area contributed by atoms with E-state index in [4.69, 9.17) is 11.6 Å². The fourth-order valence-electron chi connectivity index (χ4n) is 2.08. The molecule has 3 rings (SSSR count). The fourth-order valence-corrected chi connectivity index (χ4v) is 2.25. The van der Waals surface area contributed by atoms with Crippen molar-refractivity contribution in [1.29, 1.82) is 0 Å². The molecular formula is C15H9ClFNO. The quantitative estimate of drug-likeness (QED) is 0.698. The molecule has 0 saturated heterocycles. The molecule has 4 heteroatoms. The Bertz CT molecular complexity index is 779. The van der Waals surface area contributed by atoms with E-state index in [1.807, 2.05) is 0 Å². The summed E-state index contributed by atoms with van der Waals surface area (Å²) in [5.41, 5.74) is 1.27. The van der Waals surface area contributed by atoms with E-state index < -0.39 is 5.82 Å². The summed E-state index contributed by atoms with van der Waals surface area (Å²) in [6.45, 7) is 0. The first kappa shape index (κ1) is 11.9. The van der Waals surface area contributed by atoms with Crippen molar-refractivity contribution in [3.8, 4) is 0 Å². The largest absolute Gasteiger partial charge is 0.360 e. The maximum atomic E-state index is 13.6. The number of nitrogens with one attached hydrogen (secondary N) is 1. The molecule has 0 aliphatic rings. The van der Waals surface area contributed by atoms with Crippen molar-refractivity contribution in [1.82, 2.24) is 4.98 Å². The molecule has 0 radical (unpaired) electrons. The van der Waals surface area contributed by atoms with E-state index in [2.05, 4.69) is 4.98 Å². The number of halogens is 2. The highest BCUT2D eigenvalue weighted by Gasteiger charge is 2.17. The van der Waals surface area contributed by atoms with Crippen molar-refractivity contribution < 1.29 is 9.18 Å². The second-order valence-electron chi connectivity index (χ2n) is 4.20. The SMILES string of the molecule is O=C(c1ccccc1F)c1c[nH]c2cc(Cl)ccc12. The van der Waals surface area contributed by atoms with Gasteiger partial charge in [-0.25, -0.2) is 4.39 Å². The molecule has 0 saturated carbocycles. The van der Waals surface area contributed by atoms with Crippen LogP contribution in [0.4, 0.5) is 4.39 Å². The van der Waals surface area contributed by atoms with E-state index in [1.165, 1.54) is 12.1 Å². The summed E-state index contributed by atoms with van der Waals surface area (Å²) in [7, 11) is 0. The summed E-state index contributed by atoms with van der Waals surface area (Å²) in [6.07, 6.45) is 1.58. The zero-order valence-electron chi connectivity index (χ0n) is 9.78. The number of benzene rings is 2. The molecule has 19 heavy (non-hydrogen) atoms. The lowest BCUT2D eigenvalue weighted by Gasteiger charge is -2.01. The molecule has 0 amide bonds. The van der Waals surface area contributed by atoms with Gasteiger partial charge in [0.05, 0.1) is 5.56 Å². The molecule has 0 aliphatic heterocycles. The van der Waals surface area contributed by atoms with Gasteiger partial charge in [-0.15, -0.1) is 0 Å². The van der Waals surface area contributed by atoms with Crippen LogP contribution in [-0.4, -0.2) is 10.8 Å². The smallest absolute Gasteiger partial charge is 0.198 e. The van der Waals surface area contributed by atoms with Crippen LogP contribution < -0.4 is 0 Å². The standard InChI is InChI=1S/C15H9ClFNO/c16-9-5-6-10-12(8-18-14(10)7-9)15(19)11-3-1-2-4-13(11)17/h1-8,18H. The molecule has 0 unspecified atom stereocenters. The molecule has 94 valence electrons. The molecule has 2 nitrogen and oxygen atoms in total. The zero-order chi connectivity index (χ0) is 13.4. The highest BCUT2D eigenvalue weighted by Crippen LogP contribution is 2.24. The molecule has 0 bridgehead atoms. The van der Waals surface area contributed by atoms with Gasteiger partial charge in [0.25, 0.3) is 0 Å². The lowest BCUT2D eigenvalue weighted by Crippen LogP contribution is -2.03. The Morgan fingerprint density at radius 2 is 1.89 bits per heavy atom. The topological polar surface area (TPSA) is 32.9 Å². The average molecular weight is 274 g/mol. The van der Waals surface area contributed by atoms with E-state index >= 15 is 0 Å². The van der Waals surface area contributed by atoms with E-state index in [9.17, 15) is 9.18 Å². The highest BCUT2D eigenvalue weighted by molar-refractivity contribution is 6.31. The molecular weight excluding hydrogens is 265 g/mol. The Labute approximate surface area is 113 Å². The summed E-state index contributed by atoms with van der Waals surface area (Å²) >= 11 is 5.88. The minimum Gasteiger partial charge on any atom is -0.360 e. The third-order valence-corrected chi connectivity index (χ3v) is 3.24. The number of ketones is 1. The fraction of sp³-hybridized carbons (Fsp3) is 0. The van der Waals surface area contributed by atoms with Crippen molar-refractivity contribution in [2.75, 3.05) is 0 Å². The minimum atomic E-state index is -0.518. The number of carbonyl (C=O) groups is 1. The molecule has 0 spiro atoms. The maximum absolute atomic E-state index is 13.6. The van der Waals surface area contributed by atoms with E-state index in [1.54, 1.807) is 36.5 Å².